The zero-order valence-electron chi connectivity index (χ0n) is 21.5. The first-order chi connectivity index (χ1) is 18.0. The zero-order chi connectivity index (χ0) is 27.9. The van der Waals surface area contributed by atoms with Crippen LogP contribution in [0.4, 0.5) is 5.69 Å². The minimum atomic E-state index is -4.10. The molecule has 202 valence electrons. The number of carbonyl (C=O) groups is 2. The highest BCUT2D eigenvalue weighted by Crippen LogP contribution is 2.26. The maximum Gasteiger partial charge on any atom is 0.264 e. The van der Waals surface area contributed by atoms with Gasteiger partial charge in [-0.15, -0.1) is 0 Å². The number of carbonyl (C=O) groups excluding carboxylic acids is 2. The van der Waals surface area contributed by atoms with Gasteiger partial charge in [0.25, 0.3) is 10.0 Å². The second-order valence-corrected chi connectivity index (χ2v) is 11.6. The third-order valence-electron chi connectivity index (χ3n) is 6.18. The lowest BCUT2D eigenvalue weighted by atomic mass is 10.1. The zero-order valence-corrected chi connectivity index (χ0v) is 23.8. The molecule has 3 aromatic rings. The van der Waals surface area contributed by atoms with Gasteiger partial charge >= 0.3 is 0 Å². The normalized spacial score (nSPS) is 12.9. The molecule has 0 unspecified atom stereocenters. The molecule has 0 saturated heterocycles. The number of nitrogens with one attached hydrogen (secondary N) is 1. The van der Waals surface area contributed by atoms with Gasteiger partial charge in [-0.25, -0.2) is 8.42 Å². The summed E-state index contributed by atoms with van der Waals surface area (Å²) < 4.78 is 28.4. The fourth-order valence-electron chi connectivity index (χ4n) is 3.72. The summed E-state index contributed by atoms with van der Waals surface area (Å²) >= 11 is 12.4. The summed E-state index contributed by atoms with van der Waals surface area (Å²) in [5.74, 6) is -0.916. The van der Waals surface area contributed by atoms with Gasteiger partial charge in [0, 0.05) is 22.6 Å². The molecular weight excluding hydrogens is 545 g/mol. The van der Waals surface area contributed by atoms with Crippen molar-refractivity contribution in [1.29, 1.82) is 0 Å². The molecule has 2 atom stereocenters. The fraction of sp³-hybridized carbons (Fsp3) is 0.286. The van der Waals surface area contributed by atoms with Crippen molar-refractivity contribution in [3.8, 4) is 0 Å². The molecule has 0 radical (unpaired) electrons. The van der Waals surface area contributed by atoms with Crippen LogP contribution in [0.25, 0.3) is 0 Å². The lowest BCUT2D eigenvalue weighted by molar-refractivity contribution is -0.139. The summed E-state index contributed by atoms with van der Waals surface area (Å²) in [6.45, 7) is 4.89. The minimum Gasteiger partial charge on any atom is -0.352 e. The molecule has 10 heteroatoms. The van der Waals surface area contributed by atoms with Crippen LogP contribution in [0, 0.1) is 0 Å². The Bertz CT molecular complexity index is 1360. The van der Waals surface area contributed by atoms with Gasteiger partial charge < -0.3 is 10.2 Å². The number of nitrogens with zero attached hydrogens (tertiary/aromatic N) is 2. The molecule has 0 spiro atoms. The molecule has 2 amide bonds. The van der Waals surface area contributed by atoms with Gasteiger partial charge in [0.2, 0.25) is 11.8 Å². The summed E-state index contributed by atoms with van der Waals surface area (Å²) in [6, 6.07) is 20.2. The smallest absolute Gasteiger partial charge is 0.264 e. The number of para-hydroxylation sites is 1. The number of benzene rings is 3. The van der Waals surface area contributed by atoms with Crippen LogP contribution in [0.2, 0.25) is 10.0 Å². The lowest BCUT2D eigenvalue weighted by Gasteiger charge is -2.32. The minimum absolute atomic E-state index is 0.0159. The number of rotatable bonds is 11. The quantitative estimate of drug-likeness (QED) is 0.326. The van der Waals surface area contributed by atoms with Gasteiger partial charge in [0.05, 0.1) is 10.6 Å². The Hall–Kier alpha value is -3.07. The Labute approximate surface area is 234 Å². The van der Waals surface area contributed by atoms with Gasteiger partial charge in [-0.2, -0.15) is 0 Å². The summed E-state index contributed by atoms with van der Waals surface area (Å²) in [4.78, 5) is 28.3. The summed E-state index contributed by atoms with van der Waals surface area (Å²) in [6.07, 6.45) is 0.715. The van der Waals surface area contributed by atoms with Crippen molar-refractivity contribution in [2.24, 2.45) is 0 Å². The average Bonchev–Trinajstić information content (AvgIpc) is 2.91. The van der Waals surface area contributed by atoms with E-state index in [1.165, 1.54) is 17.0 Å². The van der Waals surface area contributed by atoms with Crippen molar-refractivity contribution in [3.63, 3.8) is 0 Å². The molecule has 0 saturated carbocycles. The van der Waals surface area contributed by atoms with Crippen LogP contribution in [0.1, 0.15) is 32.8 Å². The van der Waals surface area contributed by atoms with Crippen LogP contribution in [0.15, 0.2) is 83.8 Å². The predicted molar refractivity (Wildman–Crippen MR) is 152 cm³/mol. The van der Waals surface area contributed by atoms with E-state index in [4.69, 9.17) is 23.2 Å². The number of hydrogen-bond acceptors (Lipinski definition) is 4. The molecule has 38 heavy (non-hydrogen) atoms. The first kappa shape index (κ1) is 29.5. The molecule has 1 N–H and O–H groups in total. The van der Waals surface area contributed by atoms with E-state index in [9.17, 15) is 18.0 Å². The van der Waals surface area contributed by atoms with E-state index in [-0.39, 0.29) is 23.4 Å². The fourth-order valence-corrected chi connectivity index (χ4v) is 5.63. The first-order valence-electron chi connectivity index (χ1n) is 12.2. The average molecular weight is 577 g/mol. The number of anilines is 1. The molecule has 0 aliphatic rings. The first-order valence-corrected chi connectivity index (χ1v) is 14.4. The number of halogens is 2. The second kappa shape index (κ2) is 13.1. The van der Waals surface area contributed by atoms with Crippen LogP contribution in [0.3, 0.4) is 0 Å². The van der Waals surface area contributed by atoms with Crippen molar-refractivity contribution >= 4 is 50.7 Å². The van der Waals surface area contributed by atoms with E-state index in [0.717, 1.165) is 4.31 Å². The van der Waals surface area contributed by atoms with Crippen LogP contribution in [-0.2, 0) is 26.2 Å². The maximum absolute atomic E-state index is 13.9. The van der Waals surface area contributed by atoms with Gasteiger partial charge in [-0.05, 0) is 62.2 Å². The van der Waals surface area contributed by atoms with Crippen molar-refractivity contribution in [1.82, 2.24) is 10.2 Å². The van der Waals surface area contributed by atoms with Crippen molar-refractivity contribution in [2.75, 3.05) is 10.8 Å². The largest absolute Gasteiger partial charge is 0.352 e. The van der Waals surface area contributed by atoms with Crippen LogP contribution < -0.4 is 9.62 Å². The third-order valence-corrected chi connectivity index (χ3v) is 8.55. The van der Waals surface area contributed by atoms with E-state index in [1.54, 1.807) is 73.7 Å². The molecule has 0 bridgehead atoms. The van der Waals surface area contributed by atoms with Gasteiger partial charge in [0.1, 0.15) is 12.6 Å². The topological polar surface area (TPSA) is 86.8 Å². The van der Waals surface area contributed by atoms with Crippen molar-refractivity contribution in [3.05, 3.63) is 94.5 Å². The standard InChI is InChI=1S/C28H31Cl2N3O4S/c1-4-20(2)31-28(35)21(3)32(18-22-15-16-23(29)17-26(22)30)27(34)19-33(24-11-7-5-8-12-24)38(36,37)25-13-9-6-10-14-25/h5-17,20-21H,4,18-19H2,1-3H3,(H,31,35)/t20-,21-/m0/s1. The third kappa shape index (κ3) is 7.28. The number of hydrogen-bond donors (Lipinski definition) is 1. The monoisotopic (exact) mass is 575 g/mol. The van der Waals surface area contributed by atoms with Crippen LogP contribution in [0.5, 0.6) is 0 Å². The molecule has 3 aromatic carbocycles. The van der Waals surface area contributed by atoms with Crippen molar-refractivity contribution in [2.45, 2.75) is 50.7 Å². The molecule has 0 fully saturated rings. The summed E-state index contributed by atoms with van der Waals surface area (Å²) in [5, 5.41) is 3.67. The Morgan fingerprint density at radius 2 is 1.53 bits per heavy atom. The molecule has 0 aromatic heterocycles. The molecule has 3 rings (SSSR count). The second-order valence-electron chi connectivity index (χ2n) is 8.91. The maximum atomic E-state index is 13.9. The van der Waals surface area contributed by atoms with Crippen LogP contribution >= 0.6 is 23.2 Å². The molecule has 7 nitrogen and oxygen atoms in total. The Kier molecular flexibility index (Phi) is 10.2. The lowest BCUT2D eigenvalue weighted by Crippen LogP contribution is -2.52. The Morgan fingerprint density at radius 3 is 2.11 bits per heavy atom. The molecular formula is C28H31Cl2N3O4S. The van der Waals surface area contributed by atoms with E-state index in [0.29, 0.717) is 27.7 Å². The molecule has 0 heterocycles. The van der Waals surface area contributed by atoms with Gasteiger partial charge in [0.15, 0.2) is 0 Å². The van der Waals surface area contributed by atoms with Gasteiger partial charge in [-0.3, -0.25) is 13.9 Å². The Morgan fingerprint density at radius 1 is 0.921 bits per heavy atom. The highest BCUT2D eigenvalue weighted by Gasteiger charge is 2.33. The predicted octanol–water partition coefficient (Wildman–Crippen LogP) is 5.52. The molecule has 0 aliphatic heterocycles. The van der Waals surface area contributed by atoms with E-state index in [2.05, 4.69) is 5.32 Å². The summed E-state index contributed by atoms with van der Waals surface area (Å²) in [7, 11) is -4.10. The summed E-state index contributed by atoms with van der Waals surface area (Å²) in [5.41, 5.74) is 0.899. The van der Waals surface area contributed by atoms with Crippen molar-refractivity contribution < 1.29 is 18.0 Å². The highest BCUT2D eigenvalue weighted by molar-refractivity contribution is 7.92. The highest BCUT2D eigenvalue weighted by atomic mass is 35.5. The van der Waals surface area contributed by atoms with E-state index in [1.807, 2.05) is 13.8 Å². The SMILES string of the molecule is CC[C@H](C)NC(=O)[C@H](C)N(Cc1ccc(Cl)cc1Cl)C(=O)CN(c1ccccc1)S(=O)(=O)c1ccccc1. The van der Waals surface area contributed by atoms with E-state index < -0.39 is 28.5 Å². The molecule has 0 aliphatic carbocycles. The number of sulfonamides is 1. The van der Waals surface area contributed by atoms with E-state index >= 15 is 0 Å². The number of amides is 2. The van der Waals surface area contributed by atoms with Crippen LogP contribution in [-0.4, -0.2) is 43.8 Å². The van der Waals surface area contributed by atoms with Gasteiger partial charge in [-0.1, -0.05) is 72.6 Å². The Balaban J connectivity index is 2.01.